The molecule has 128 valence electrons. The van der Waals surface area contributed by atoms with Gasteiger partial charge in [0.15, 0.2) is 11.0 Å². The Morgan fingerprint density at radius 3 is 2.54 bits per heavy atom. The zero-order valence-electron chi connectivity index (χ0n) is 13.9. The monoisotopic (exact) mass is 360 g/mol. The third-order valence-electron chi connectivity index (χ3n) is 4.23. The van der Waals surface area contributed by atoms with Crippen molar-refractivity contribution in [2.45, 2.75) is 11.7 Å². The molecule has 1 aliphatic rings. The molecule has 1 heterocycles. The summed E-state index contributed by atoms with van der Waals surface area (Å²) in [6.45, 7) is 0. The van der Waals surface area contributed by atoms with Crippen molar-refractivity contribution in [1.82, 2.24) is 5.32 Å². The Labute approximate surface area is 155 Å². The molecule has 1 saturated heterocycles. The first-order valence-electron chi connectivity index (χ1n) is 8.33. The second kappa shape index (κ2) is 7.14. The molecule has 5 heteroatoms. The van der Waals surface area contributed by atoms with Gasteiger partial charge in [0.25, 0.3) is 0 Å². The second-order valence-electron chi connectivity index (χ2n) is 6.00. The average molecular weight is 360 g/mol. The Bertz CT molecular complexity index is 1010. The van der Waals surface area contributed by atoms with Gasteiger partial charge in [-0.15, -0.1) is 0 Å². The summed E-state index contributed by atoms with van der Waals surface area (Å²) in [6.07, 6.45) is 0.162. The lowest BCUT2D eigenvalue weighted by atomic mass is 10.1. The van der Waals surface area contributed by atoms with Crippen molar-refractivity contribution < 1.29 is 9.59 Å². The van der Waals surface area contributed by atoms with E-state index in [0.717, 1.165) is 16.5 Å². The molecule has 0 spiro atoms. The Kier molecular flexibility index (Phi) is 4.54. The topological polar surface area (TPSA) is 58.5 Å². The van der Waals surface area contributed by atoms with Crippen molar-refractivity contribution in [2.75, 3.05) is 0 Å². The van der Waals surface area contributed by atoms with Crippen LogP contribution in [0.3, 0.4) is 0 Å². The number of amidine groups is 1. The number of thioether (sulfide) groups is 1. The van der Waals surface area contributed by atoms with Crippen molar-refractivity contribution >= 4 is 45.1 Å². The molecule has 4 nitrogen and oxygen atoms in total. The number of hydrogen-bond donors (Lipinski definition) is 1. The first kappa shape index (κ1) is 16.5. The van der Waals surface area contributed by atoms with E-state index in [-0.39, 0.29) is 18.1 Å². The fourth-order valence-electron chi connectivity index (χ4n) is 2.92. The van der Waals surface area contributed by atoms with Crippen LogP contribution in [-0.4, -0.2) is 22.1 Å². The number of carbonyl (C=O) groups is 2. The number of carbonyl (C=O) groups excluding carboxylic acids is 2. The van der Waals surface area contributed by atoms with Crippen LogP contribution in [0.4, 0.5) is 5.69 Å². The molecule has 3 aromatic carbocycles. The summed E-state index contributed by atoms with van der Waals surface area (Å²) in [5.74, 6) is -0.206. The molecule has 3 aromatic rings. The number of nitrogens with zero attached hydrogens (tertiary/aromatic N) is 1. The SMILES string of the molecule is O=C(CC1SC(=Nc2cccc3ccccc23)NC1=O)c1ccccc1. The van der Waals surface area contributed by atoms with E-state index in [0.29, 0.717) is 10.7 Å². The minimum Gasteiger partial charge on any atom is -0.304 e. The lowest BCUT2D eigenvalue weighted by Crippen LogP contribution is -2.26. The fourth-order valence-corrected chi connectivity index (χ4v) is 3.90. The van der Waals surface area contributed by atoms with Gasteiger partial charge in [0, 0.05) is 17.4 Å². The van der Waals surface area contributed by atoms with Crippen LogP contribution >= 0.6 is 11.8 Å². The van der Waals surface area contributed by atoms with Gasteiger partial charge in [-0.2, -0.15) is 0 Å². The van der Waals surface area contributed by atoms with Crippen LogP contribution < -0.4 is 5.32 Å². The zero-order valence-corrected chi connectivity index (χ0v) is 14.7. The number of rotatable bonds is 4. The van der Waals surface area contributed by atoms with Gasteiger partial charge in [0.1, 0.15) is 0 Å². The van der Waals surface area contributed by atoms with Crippen LogP contribution in [0, 0.1) is 0 Å². The normalized spacial score (nSPS) is 18.2. The van der Waals surface area contributed by atoms with Crippen molar-refractivity contribution in [3.05, 3.63) is 78.4 Å². The van der Waals surface area contributed by atoms with Crippen LogP contribution in [0.15, 0.2) is 77.8 Å². The molecule has 1 amide bonds. The molecule has 1 fully saturated rings. The van der Waals surface area contributed by atoms with E-state index in [1.54, 1.807) is 12.1 Å². The summed E-state index contributed by atoms with van der Waals surface area (Å²) in [5.41, 5.74) is 1.43. The Morgan fingerprint density at radius 2 is 1.69 bits per heavy atom. The number of hydrogen-bond acceptors (Lipinski definition) is 4. The third-order valence-corrected chi connectivity index (χ3v) is 5.31. The van der Waals surface area contributed by atoms with Gasteiger partial charge in [0.2, 0.25) is 5.91 Å². The van der Waals surface area contributed by atoms with Crippen LogP contribution in [0.2, 0.25) is 0 Å². The minimum atomic E-state index is -0.448. The highest BCUT2D eigenvalue weighted by molar-refractivity contribution is 8.15. The van der Waals surface area contributed by atoms with Crippen molar-refractivity contribution in [3.63, 3.8) is 0 Å². The molecule has 0 radical (unpaired) electrons. The van der Waals surface area contributed by atoms with E-state index in [1.807, 2.05) is 60.7 Å². The first-order chi connectivity index (χ1) is 12.7. The molecular weight excluding hydrogens is 344 g/mol. The molecule has 1 unspecified atom stereocenters. The van der Waals surface area contributed by atoms with Gasteiger partial charge in [-0.05, 0) is 11.5 Å². The summed E-state index contributed by atoms with van der Waals surface area (Å²) in [7, 11) is 0. The van der Waals surface area contributed by atoms with Crippen LogP contribution in [-0.2, 0) is 4.79 Å². The number of benzene rings is 3. The molecule has 1 atom stereocenters. The highest BCUT2D eigenvalue weighted by atomic mass is 32.2. The lowest BCUT2D eigenvalue weighted by molar-refractivity contribution is -0.118. The highest BCUT2D eigenvalue weighted by Crippen LogP contribution is 2.30. The summed E-state index contributed by atoms with van der Waals surface area (Å²) >= 11 is 1.31. The predicted molar refractivity (Wildman–Crippen MR) is 106 cm³/mol. The maximum atomic E-state index is 12.4. The van der Waals surface area contributed by atoms with Gasteiger partial charge in [0.05, 0.1) is 10.9 Å². The van der Waals surface area contributed by atoms with Gasteiger partial charge in [-0.1, -0.05) is 78.5 Å². The number of nitrogens with one attached hydrogen (secondary N) is 1. The summed E-state index contributed by atoms with van der Waals surface area (Å²) in [4.78, 5) is 29.2. The molecule has 1 N–H and O–H groups in total. The molecular formula is C21H16N2O2S. The van der Waals surface area contributed by atoms with Gasteiger partial charge in [-0.25, -0.2) is 4.99 Å². The largest absolute Gasteiger partial charge is 0.304 e. The smallest absolute Gasteiger partial charge is 0.240 e. The molecule has 0 saturated carbocycles. The fraction of sp³-hybridized carbons (Fsp3) is 0.0952. The second-order valence-corrected chi connectivity index (χ2v) is 7.20. The average Bonchev–Trinajstić information content (AvgIpc) is 3.01. The number of aliphatic imine (C=N–C) groups is 1. The van der Waals surface area contributed by atoms with Crippen LogP contribution in [0.5, 0.6) is 0 Å². The van der Waals surface area contributed by atoms with E-state index in [4.69, 9.17) is 0 Å². The standard InChI is InChI=1S/C21H16N2O2S/c24-18(15-8-2-1-3-9-15)13-19-20(25)23-21(26-19)22-17-12-6-10-14-7-4-5-11-16(14)17/h1-12,19H,13H2,(H,22,23,25). The van der Waals surface area contributed by atoms with E-state index in [9.17, 15) is 9.59 Å². The quantitative estimate of drug-likeness (QED) is 0.705. The van der Waals surface area contributed by atoms with Crippen molar-refractivity contribution in [1.29, 1.82) is 0 Å². The molecule has 0 bridgehead atoms. The van der Waals surface area contributed by atoms with E-state index in [2.05, 4.69) is 10.3 Å². The Balaban J connectivity index is 1.54. The number of Topliss-reactive ketones (excluding diaryl/α,β-unsaturated/α-hetero) is 1. The molecule has 0 aliphatic carbocycles. The van der Waals surface area contributed by atoms with E-state index in [1.165, 1.54) is 11.8 Å². The molecule has 26 heavy (non-hydrogen) atoms. The lowest BCUT2D eigenvalue weighted by Gasteiger charge is -2.04. The summed E-state index contributed by atoms with van der Waals surface area (Å²) in [5, 5.41) is 5.01. The molecule has 1 aliphatic heterocycles. The van der Waals surface area contributed by atoms with E-state index >= 15 is 0 Å². The number of ketones is 1. The molecule has 4 rings (SSSR count). The van der Waals surface area contributed by atoms with Gasteiger partial charge < -0.3 is 5.32 Å². The van der Waals surface area contributed by atoms with Crippen molar-refractivity contribution in [3.8, 4) is 0 Å². The van der Waals surface area contributed by atoms with Gasteiger partial charge in [-0.3, -0.25) is 9.59 Å². The van der Waals surface area contributed by atoms with Crippen LogP contribution in [0.25, 0.3) is 10.8 Å². The minimum absolute atomic E-state index is 0.0374. The number of fused-ring (bicyclic) bond motifs is 1. The molecule has 0 aromatic heterocycles. The first-order valence-corrected chi connectivity index (χ1v) is 9.21. The maximum Gasteiger partial charge on any atom is 0.240 e. The zero-order chi connectivity index (χ0) is 17.9. The van der Waals surface area contributed by atoms with Gasteiger partial charge >= 0.3 is 0 Å². The van der Waals surface area contributed by atoms with Crippen molar-refractivity contribution in [2.24, 2.45) is 4.99 Å². The summed E-state index contributed by atoms with van der Waals surface area (Å²) in [6, 6.07) is 22.9. The Hall–Kier alpha value is -2.92. The highest BCUT2D eigenvalue weighted by Gasteiger charge is 2.32. The predicted octanol–water partition coefficient (Wildman–Crippen LogP) is 4.33. The summed E-state index contributed by atoms with van der Waals surface area (Å²) < 4.78 is 0. The maximum absolute atomic E-state index is 12.4. The van der Waals surface area contributed by atoms with E-state index < -0.39 is 5.25 Å². The number of amides is 1. The third kappa shape index (κ3) is 3.39. The Morgan fingerprint density at radius 1 is 0.962 bits per heavy atom. The van der Waals surface area contributed by atoms with Crippen LogP contribution in [0.1, 0.15) is 16.8 Å².